The van der Waals surface area contributed by atoms with Crippen molar-refractivity contribution in [1.82, 2.24) is 0 Å². The summed E-state index contributed by atoms with van der Waals surface area (Å²) in [5.74, 6) is 0.636. The summed E-state index contributed by atoms with van der Waals surface area (Å²) >= 11 is 0. The predicted octanol–water partition coefficient (Wildman–Crippen LogP) is 4.50. The molecule has 0 saturated carbocycles. The largest absolute Gasteiger partial charge is 0.494 e. The van der Waals surface area contributed by atoms with Crippen LogP contribution >= 0.6 is 0 Å². The fourth-order valence-electron chi connectivity index (χ4n) is 2.89. The van der Waals surface area contributed by atoms with Gasteiger partial charge in [0, 0.05) is 11.3 Å². The van der Waals surface area contributed by atoms with E-state index < -0.39 is 5.97 Å². The van der Waals surface area contributed by atoms with Crippen molar-refractivity contribution in [3.63, 3.8) is 0 Å². The van der Waals surface area contributed by atoms with Crippen LogP contribution in [0.4, 0.5) is 5.69 Å². The van der Waals surface area contributed by atoms with Gasteiger partial charge in [0.15, 0.2) is 6.73 Å². The average molecular weight is 407 g/mol. The van der Waals surface area contributed by atoms with Crippen molar-refractivity contribution in [3.05, 3.63) is 72.2 Å². The third kappa shape index (κ3) is 6.28. The van der Waals surface area contributed by atoms with Crippen molar-refractivity contribution < 1.29 is 19.0 Å². The lowest BCUT2D eigenvalue weighted by Gasteiger charge is -2.18. The summed E-state index contributed by atoms with van der Waals surface area (Å²) in [5, 5.41) is 11.8. The number of carbonyl (C=O) groups is 1. The van der Waals surface area contributed by atoms with Crippen LogP contribution in [-0.4, -0.2) is 25.9 Å². The molecule has 0 aliphatic rings. The summed E-state index contributed by atoms with van der Waals surface area (Å²) in [6.07, 6.45) is 0.837. The van der Waals surface area contributed by atoms with Crippen molar-refractivity contribution in [2.24, 2.45) is 0 Å². The van der Waals surface area contributed by atoms with Gasteiger partial charge >= 0.3 is 5.97 Å². The number of hydrogen-bond donors (Lipinski definition) is 1. The van der Waals surface area contributed by atoms with Gasteiger partial charge in [-0.2, -0.15) is 5.26 Å². The molecule has 2 aromatic carbocycles. The highest BCUT2D eigenvalue weighted by molar-refractivity contribution is 5.76. The van der Waals surface area contributed by atoms with Crippen LogP contribution in [0.3, 0.4) is 0 Å². The van der Waals surface area contributed by atoms with Crippen LogP contribution in [0.25, 0.3) is 5.76 Å². The van der Waals surface area contributed by atoms with E-state index in [4.69, 9.17) is 19.5 Å². The third-order valence-corrected chi connectivity index (χ3v) is 4.36. The fourth-order valence-corrected chi connectivity index (χ4v) is 2.89. The predicted molar refractivity (Wildman–Crippen MR) is 117 cm³/mol. The zero-order chi connectivity index (χ0) is 21.9. The lowest BCUT2D eigenvalue weighted by molar-refractivity contribution is -0.142. The first kappa shape index (κ1) is 22.8. The molecule has 0 amide bonds. The van der Waals surface area contributed by atoms with Crippen LogP contribution in [-0.2, 0) is 27.1 Å². The third-order valence-electron chi connectivity index (χ3n) is 4.36. The maximum atomic E-state index is 12.4. The second-order valence-electron chi connectivity index (χ2n) is 6.39. The van der Waals surface area contributed by atoms with Gasteiger partial charge in [-0.15, -0.1) is 0 Å². The van der Waals surface area contributed by atoms with E-state index in [1.54, 1.807) is 24.3 Å². The summed E-state index contributed by atoms with van der Waals surface area (Å²) in [6, 6.07) is 12.8. The Morgan fingerprint density at radius 1 is 1.17 bits per heavy atom. The molecule has 0 aromatic heterocycles. The zero-order valence-corrected chi connectivity index (χ0v) is 17.5. The number of nitriles is 1. The topological polar surface area (TPSA) is 80.6 Å². The Kier molecular flexibility index (Phi) is 8.76. The summed E-state index contributed by atoms with van der Waals surface area (Å²) in [6.45, 7) is 12.4. The first-order valence-corrected chi connectivity index (χ1v) is 9.81. The minimum absolute atomic E-state index is 0.0161. The number of anilines is 1. The highest BCUT2D eigenvalue weighted by atomic mass is 16.5. The van der Waals surface area contributed by atoms with E-state index in [1.165, 1.54) is 0 Å². The molecular weight excluding hydrogens is 380 g/mol. The molecule has 0 bridgehead atoms. The summed E-state index contributed by atoms with van der Waals surface area (Å²) in [5.41, 5.74) is 3.79. The van der Waals surface area contributed by atoms with E-state index in [-0.39, 0.29) is 19.8 Å². The maximum Gasteiger partial charge on any atom is 0.312 e. The Balaban J connectivity index is 2.10. The molecule has 2 aromatic rings. The normalized spacial score (nSPS) is 10.1. The second-order valence-corrected chi connectivity index (χ2v) is 6.39. The maximum absolute atomic E-state index is 12.4. The molecule has 1 radical (unpaired) electrons. The first-order valence-electron chi connectivity index (χ1n) is 9.81. The van der Waals surface area contributed by atoms with Gasteiger partial charge in [0.1, 0.15) is 11.5 Å². The van der Waals surface area contributed by atoms with Gasteiger partial charge < -0.3 is 19.5 Å². The van der Waals surface area contributed by atoms with Crippen LogP contribution in [0.5, 0.6) is 5.75 Å². The molecule has 6 nitrogen and oxygen atoms in total. The molecule has 0 aliphatic heterocycles. The highest BCUT2D eigenvalue weighted by Crippen LogP contribution is 2.32. The number of nitrogens with one attached hydrogen (secondary N) is 1. The van der Waals surface area contributed by atoms with Crippen molar-refractivity contribution in [3.8, 4) is 11.8 Å². The molecule has 0 fully saturated rings. The van der Waals surface area contributed by atoms with Crippen LogP contribution in [0.15, 0.2) is 43.0 Å². The molecule has 30 heavy (non-hydrogen) atoms. The zero-order valence-electron chi connectivity index (χ0n) is 17.5. The van der Waals surface area contributed by atoms with E-state index in [1.807, 2.05) is 26.0 Å². The lowest BCUT2D eigenvalue weighted by Crippen LogP contribution is -2.15. The number of esters is 1. The number of aryl methyl sites for hydroxylation is 1. The SMILES string of the molecule is [CH2]COc1c(CC(=O)OCNc2ccc(C#N)cc2)cc(CC)cc1C(=C)OCC. The van der Waals surface area contributed by atoms with Crippen molar-refractivity contribution >= 4 is 17.4 Å². The van der Waals surface area contributed by atoms with Crippen molar-refractivity contribution in [2.75, 3.05) is 25.3 Å². The smallest absolute Gasteiger partial charge is 0.312 e. The van der Waals surface area contributed by atoms with E-state index in [0.717, 1.165) is 23.2 Å². The van der Waals surface area contributed by atoms with E-state index in [2.05, 4.69) is 24.9 Å². The van der Waals surface area contributed by atoms with Crippen LogP contribution < -0.4 is 10.1 Å². The van der Waals surface area contributed by atoms with Crippen LogP contribution in [0.2, 0.25) is 0 Å². The van der Waals surface area contributed by atoms with Gasteiger partial charge in [0.25, 0.3) is 0 Å². The minimum atomic E-state index is -0.397. The Morgan fingerprint density at radius 2 is 1.90 bits per heavy atom. The molecule has 157 valence electrons. The standard InChI is InChI=1S/C24H27N2O4/c1-5-18-12-20(24(29-7-3)22(13-18)17(4)28-6-2)14-23(27)30-16-26-21-10-8-19(15-25)9-11-21/h8-13,26H,3-7,14,16H2,1-2H3. The Morgan fingerprint density at radius 3 is 2.50 bits per heavy atom. The highest BCUT2D eigenvalue weighted by Gasteiger charge is 2.18. The number of carbonyl (C=O) groups excluding carboxylic acids is 1. The van der Waals surface area contributed by atoms with E-state index in [9.17, 15) is 4.79 Å². The number of nitrogens with zero attached hydrogens (tertiary/aromatic N) is 1. The second kappa shape index (κ2) is 11.5. The van der Waals surface area contributed by atoms with Gasteiger partial charge in [0.2, 0.25) is 0 Å². The van der Waals surface area contributed by atoms with Crippen LogP contribution in [0.1, 0.15) is 36.1 Å². The Bertz CT molecular complexity index is 914. The molecule has 1 N–H and O–H groups in total. The number of hydrogen-bond acceptors (Lipinski definition) is 6. The number of rotatable bonds is 11. The minimum Gasteiger partial charge on any atom is -0.494 e. The molecular formula is C24H27N2O4. The van der Waals surface area contributed by atoms with E-state index in [0.29, 0.717) is 29.2 Å². The molecule has 0 spiro atoms. The molecule has 0 atom stereocenters. The lowest BCUT2D eigenvalue weighted by atomic mass is 9.99. The Hall–Kier alpha value is -3.46. The summed E-state index contributed by atoms with van der Waals surface area (Å²) in [7, 11) is 0. The van der Waals surface area contributed by atoms with Gasteiger partial charge in [0.05, 0.1) is 36.8 Å². The molecule has 0 aliphatic carbocycles. The average Bonchev–Trinajstić information content (AvgIpc) is 2.75. The molecule has 0 unspecified atom stereocenters. The van der Waals surface area contributed by atoms with Crippen LogP contribution in [0, 0.1) is 18.3 Å². The number of ether oxygens (including phenoxy) is 3. The van der Waals surface area contributed by atoms with Gasteiger partial charge in [-0.25, -0.2) is 0 Å². The van der Waals surface area contributed by atoms with Crippen molar-refractivity contribution in [1.29, 1.82) is 5.26 Å². The van der Waals surface area contributed by atoms with Gasteiger partial charge in [-0.3, -0.25) is 4.79 Å². The summed E-state index contributed by atoms with van der Waals surface area (Å²) in [4.78, 5) is 12.4. The number of benzene rings is 2. The van der Waals surface area contributed by atoms with Gasteiger partial charge in [-0.1, -0.05) is 19.6 Å². The molecule has 2 rings (SSSR count). The quantitative estimate of drug-likeness (QED) is 0.336. The van der Waals surface area contributed by atoms with Crippen molar-refractivity contribution in [2.45, 2.75) is 26.7 Å². The summed E-state index contributed by atoms with van der Waals surface area (Å²) < 4.78 is 16.6. The molecule has 0 saturated heterocycles. The molecule has 6 heteroatoms. The monoisotopic (exact) mass is 407 g/mol. The van der Waals surface area contributed by atoms with Gasteiger partial charge in [-0.05, 0) is 56.2 Å². The Labute approximate surface area is 178 Å². The molecule has 0 heterocycles. The fraction of sp³-hybridized carbons (Fsp3) is 0.292. The van der Waals surface area contributed by atoms with E-state index >= 15 is 0 Å². The first-order chi connectivity index (χ1) is 14.5.